The molecule has 0 aliphatic carbocycles. The van der Waals surface area contributed by atoms with Crippen LogP contribution in [0, 0.1) is 11.5 Å². The molecular formula is C26H36O4Si. The highest BCUT2D eigenvalue weighted by atomic mass is 28.3. The molecule has 168 valence electrons. The summed E-state index contributed by atoms with van der Waals surface area (Å²) in [4.78, 5) is 0. The number of hydrogen-bond donors (Lipinski definition) is 2. The van der Waals surface area contributed by atoms with Crippen molar-refractivity contribution in [2.45, 2.75) is 64.0 Å². The van der Waals surface area contributed by atoms with Gasteiger partial charge in [-0.05, 0) is 35.8 Å². The Morgan fingerprint density at radius 2 is 1.29 bits per heavy atom. The molecule has 2 aromatic rings. The molecule has 2 N–H and O–H groups in total. The Bertz CT molecular complexity index is 816. The largest absolute Gasteiger partial charge is 0.487 e. The fraction of sp³-hybridized carbons (Fsp3) is 0.462. The Labute approximate surface area is 188 Å². The highest BCUT2D eigenvalue weighted by molar-refractivity contribution is 6.87. The van der Waals surface area contributed by atoms with Gasteiger partial charge in [-0.25, -0.2) is 0 Å². The summed E-state index contributed by atoms with van der Waals surface area (Å²) in [5, 5.41) is 20.6. The van der Waals surface area contributed by atoms with E-state index in [2.05, 4.69) is 32.2 Å². The molecular weight excluding hydrogens is 404 g/mol. The first-order chi connectivity index (χ1) is 15.0. The van der Waals surface area contributed by atoms with Crippen LogP contribution in [0.15, 0.2) is 54.6 Å². The molecule has 0 aromatic heterocycles. The minimum Gasteiger partial charge on any atom is -0.487 e. The van der Waals surface area contributed by atoms with E-state index in [4.69, 9.17) is 9.47 Å². The van der Waals surface area contributed by atoms with E-state index in [-0.39, 0.29) is 13.2 Å². The number of benzene rings is 2. The molecule has 0 heterocycles. The quantitative estimate of drug-likeness (QED) is 0.366. The number of rotatable bonds is 12. The first-order valence-electron chi connectivity index (χ1n) is 11.3. The van der Waals surface area contributed by atoms with E-state index < -0.39 is 20.3 Å². The molecule has 0 saturated carbocycles. The van der Waals surface area contributed by atoms with E-state index in [9.17, 15) is 10.2 Å². The van der Waals surface area contributed by atoms with E-state index >= 15 is 0 Å². The van der Waals surface area contributed by atoms with Crippen LogP contribution in [0.25, 0.3) is 0 Å². The monoisotopic (exact) mass is 440 g/mol. The molecule has 4 nitrogen and oxygen atoms in total. The molecule has 0 radical (unpaired) electrons. The van der Waals surface area contributed by atoms with Gasteiger partial charge < -0.3 is 19.7 Å². The minimum absolute atomic E-state index is 0.153. The third-order valence-electron chi connectivity index (χ3n) is 5.75. The van der Waals surface area contributed by atoms with Gasteiger partial charge in [0, 0.05) is 12.8 Å². The van der Waals surface area contributed by atoms with Crippen LogP contribution in [0.3, 0.4) is 0 Å². The van der Waals surface area contributed by atoms with E-state index in [0.29, 0.717) is 24.3 Å². The molecule has 0 amide bonds. The molecule has 0 aliphatic heterocycles. The molecule has 0 saturated heterocycles. The predicted molar refractivity (Wildman–Crippen MR) is 129 cm³/mol. The summed E-state index contributed by atoms with van der Waals surface area (Å²) in [6.45, 7) is 6.99. The summed E-state index contributed by atoms with van der Waals surface area (Å²) in [6.07, 6.45) is -0.328. The molecule has 5 heteroatoms. The van der Waals surface area contributed by atoms with Gasteiger partial charge in [-0.1, -0.05) is 63.2 Å². The van der Waals surface area contributed by atoms with Crippen LogP contribution < -0.4 is 9.47 Å². The van der Waals surface area contributed by atoms with Gasteiger partial charge >= 0.3 is 0 Å². The van der Waals surface area contributed by atoms with Crippen LogP contribution in [0.1, 0.15) is 32.8 Å². The Kier molecular flexibility index (Phi) is 10.7. The third kappa shape index (κ3) is 8.41. The highest BCUT2D eigenvalue weighted by Crippen LogP contribution is 2.27. The summed E-state index contributed by atoms with van der Waals surface area (Å²) < 4.78 is 11.6. The Morgan fingerprint density at radius 3 is 1.84 bits per heavy atom. The van der Waals surface area contributed by atoms with Crippen LogP contribution >= 0.6 is 0 Å². The van der Waals surface area contributed by atoms with Crippen LogP contribution in [0.2, 0.25) is 18.1 Å². The normalized spacial score (nSPS) is 13.1. The second kappa shape index (κ2) is 13.2. The molecule has 31 heavy (non-hydrogen) atoms. The lowest BCUT2D eigenvalue weighted by Crippen LogP contribution is -2.29. The first-order valence-corrected chi connectivity index (χ1v) is 13.9. The van der Waals surface area contributed by atoms with Crippen molar-refractivity contribution in [1.82, 2.24) is 0 Å². The van der Waals surface area contributed by atoms with Crippen LogP contribution in [0.4, 0.5) is 0 Å². The van der Waals surface area contributed by atoms with Crippen LogP contribution in [-0.4, -0.2) is 43.7 Å². The molecule has 2 rings (SSSR count). The van der Waals surface area contributed by atoms with Crippen LogP contribution in [-0.2, 0) is 6.42 Å². The zero-order valence-corrected chi connectivity index (χ0v) is 20.0. The molecule has 0 spiro atoms. The van der Waals surface area contributed by atoms with E-state index in [1.54, 1.807) is 12.1 Å². The van der Waals surface area contributed by atoms with Crippen molar-refractivity contribution in [1.29, 1.82) is 0 Å². The van der Waals surface area contributed by atoms with E-state index in [1.807, 2.05) is 42.5 Å². The van der Waals surface area contributed by atoms with Crippen LogP contribution in [0.5, 0.6) is 11.5 Å². The molecule has 0 fully saturated rings. The zero-order valence-electron chi connectivity index (χ0n) is 19.0. The second-order valence-corrected chi connectivity index (χ2v) is 12.8. The number of ether oxygens (including phenoxy) is 2. The summed E-state index contributed by atoms with van der Waals surface area (Å²) in [6, 6.07) is 20.6. The van der Waals surface area contributed by atoms with Crippen molar-refractivity contribution in [2.24, 2.45) is 0 Å². The van der Waals surface area contributed by atoms with E-state index in [1.165, 1.54) is 0 Å². The highest BCUT2D eigenvalue weighted by Gasteiger charge is 2.24. The van der Waals surface area contributed by atoms with Crippen molar-refractivity contribution >= 4 is 8.07 Å². The Balaban J connectivity index is 1.85. The molecule has 0 aliphatic rings. The predicted octanol–water partition coefficient (Wildman–Crippen LogP) is 4.85. The smallest absolute Gasteiger partial charge is 0.161 e. The van der Waals surface area contributed by atoms with Crippen molar-refractivity contribution in [3.8, 4) is 23.0 Å². The number of aliphatic hydroxyl groups is 2. The summed E-state index contributed by atoms with van der Waals surface area (Å²) in [5.74, 6) is 4.32. The summed E-state index contributed by atoms with van der Waals surface area (Å²) in [7, 11) is -1.49. The fourth-order valence-electron chi connectivity index (χ4n) is 3.44. The van der Waals surface area contributed by atoms with Gasteiger partial charge in [-0.3, -0.25) is 0 Å². The maximum atomic E-state index is 10.3. The van der Waals surface area contributed by atoms with Gasteiger partial charge in [-0.15, -0.1) is 11.5 Å². The SMILES string of the molecule is CC[Si](C#CC[C@H](O)COc1ccccc1OC[C@H](O)Cc1ccccc1)(CC)CC. The molecule has 2 atom stereocenters. The number of aliphatic hydroxyl groups excluding tert-OH is 2. The third-order valence-corrected chi connectivity index (χ3v) is 10.5. The average molecular weight is 441 g/mol. The van der Waals surface area contributed by atoms with Crippen molar-refractivity contribution < 1.29 is 19.7 Å². The van der Waals surface area contributed by atoms with Gasteiger partial charge in [0.05, 0.1) is 12.2 Å². The average Bonchev–Trinajstić information content (AvgIpc) is 2.80. The fourth-order valence-corrected chi connectivity index (χ4v) is 5.94. The molecule has 0 unspecified atom stereocenters. The maximum Gasteiger partial charge on any atom is 0.161 e. The summed E-state index contributed by atoms with van der Waals surface area (Å²) >= 11 is 0. The zero-order chi connectivity index (χ0) is 22.5. The van der Waals surface area contributed by atoms with Crippen molar-refractivity contribution in [3.63, 3.8) is 0 Å². The first kappa shape index (κ1) is 25.0. The lowest BCUT2D eigenvalue weighted by Gasteiger charge is -2.20. The lowest BCUT2D eigenvalue weighted by atomic mass is 10.1. The maximum absolute atomic E-state index is 10.3. The van der Waals surface area contributed by atoms with E-state index in [0.717, 1.165) is 23.7 Å². The van der Waals surface area contributed by atoms with Gasteiger partial charge in [0.25, 0.3) is 0 Å². The van der Waals surface area contributed by atoms with Gasteiger partial charge in [0.2, 0.25) is 0 Å². The second-order valence-electron chi connectivity index (χ2n) is 7.91. The number of para-hydroxylation sites is 2. The van der Waals surface area contributed by atoms with Gasteiger partial charge in [-0.2, -0.15) is 0 Å². The Hall–Kier alpha value is -2.26. The standard InChI is InChI=1S/C26H36O4Si/c1-4-31(5-2,6-3)18-12-15-23(27)20-29-25-16-10-11-17-26(25)30-21-24(28)19-22-13-8-7-9-14-22/h7-11,13-14,16-17,23-24,27-28H,4-6,15,19-21H2,1-3H3/t23-,24+/m0/s1. The molecule has 0 bridgehead atoms. The minimum atomic E-state index is -1.49. The summed E-state index contributed by atoms with van der Waals surface area (Å²) in [5.41, 5.74) is 4.56. The van der Waals surface area contributed by atoms with Crippen molar-refractivity contribution in [3.05, 3.63) is 60.2 Å². The molecule has 2 aromatic carbocycles. The topological polar surface area (TPSA) is 58.9 Å². The van der Waals surface area contributed by atoms with Gasteiger partial charge in [0.1, 0.15) is 21.3 Å². The Morgan fingerprint density at radius 1 is 0.774 bits per heavy atom. The van der Waals surface area contributed by atoms with Crippen molar-refractivity contribution in [2.75, 3.05) is 13.2 Å². The lowest BCUT2D eigenvalue weighted by molar-refractivity contribution is 0.0951. The van der Waals surface area contributed by atoms with Gasteiger partial charge in [0.15, 0.2) is 11.5 Å². The number of hydrogen-bond acceptors (Lipinski definition) is 4.